The average Bonchev–Trinajstić information content (AvgIpc) is 3.28. The first-order valence-corrected chi connectivity index (χ1v) is 11.2. The van der Waals surface area contributed by atoms with Gasteiger partial charge >= 0.3 is 0 Å². The number of hydrogen-bond acceptors (Lipinski definition) is 5. The number of rotatable bonds is 4. The van der Waals surface area contributed by atoms with Crippen molar-refractivity contribution < 1.29 is 9.18 Å². The molecule has 2 aromatic heterocycles. The van der Waals surface area contributed by atoms with Crippen molar-refractivity contribution in [3.8, 4) is 11.3 Å². The minimum Gasteiger partial charge on any atom is -0.366 e. The summed E-state index contributed by atoms with van der Waals surface area (Å²) < 4.78 is 16.7. The summed E-state index contributed by atoms with van der Waals surface area (Å²) >= 11 is 0. The molecule has 1 fully saturated rings. The summed E-state index contributed by atoms with van der Waals surface area (Å²) in [5, 5.41) is 8.67. The average molecular weight is 461 g/mol. The predicted octanol–water partition coefficient (Wildman–Crippen LogP) is 2.66. The monoisotopic (exact) mass is 460 g/mol. The minimum absolute atomic E-state index is 0.154. The van der Waals surface area contributed by atoms with E-state index in [1.165, 1.54) is 21.6 Å². The molecular weight excluding hydrogens is 435 g/mol. The van der Waals surface area contributed by atoms with Gasteiger partial charge in [0.1, 0.15) is 24.2 Å². The second-order valence-corrected chi connectivity index (χ2v) is 8.59. The maximum atomic E-state index is 14.1. The highest BCUT2D eigenvalue weighted by molar-refractivity contribution is 5.76. The van der Waals surface area contributed by atoms with E-state index in [4.69, 9.17) is 0 Å². The lowest BCUT2D eigenvalue weighted by Crippen LogP contribution is -2.50. The third kappa shape index (κ3) is 4.05. The summed E-state index contributed by atoms with van der Waals surface area (Å²) in [5.74, 6) is -0.464. The molecule has 4 aromatic rings. The van der Waals surface area contributed by atoms with Gasteiger partial charge in [0.15, 0.2) is 0 Å². The number of aromatic nitrogens is 4. The Balaban J connectivity index is 1.32. The zero-order valence-electron chi connectivity index (χ0n) is 19.1. The van der Waals surface area contributed by atoms with Crippen molar-refractivity contribution in [1.82, 2.24) is 24.3 Å². The number of halogens is 1. The first-order valence-electron chi connectivity index (χ1n) is 11.2. The molecule has 0 saturated carbocycles. The second-order valence-electron chi connectivity index (χ2n) is 8.59. The van der Waals surface area contributed by atoms with Crippen molar-refractivity contribution in [3.05, 3.63) is 82.2 Å². The third-order valence-electron chi connectivity index (χ3n) is 6.27. The number of para-hydroxylation sites is 1. The maximum absolute atomic E-state index is 14.1. The Morgan fingerprint density at radius 2 is 1.79 bits per heavy atom. The number of carbonyl (C=O) groups excluding carboxylic acids is 1. The number of carbonyl (C=O) groups is 1. The van der Waals surface area contributed by atoms with Gasteiger partial charge in [0.2, 0.25) is 5.91 Å². The van der Waals surface area contributed by atoms with Crippen LogP contribution in [0.4, 0.5) is 10.1 Å². The van der Waals surface area contributed by atoms with Gasteiger partial charge < -0.3 is 9.80 Å². The van der Waals surface area contributed by atoms with Crippen LogP contribution in [-0.4, -0.2) is 56.4 Å². The van der Waals surface area contributed by atoms with E-state index >= 15 is 0 Å². The minimum atomic E-state index is -0.370. The van der Waals surface area contributed by atoms with E-state index in [1.54, 1.807) is 29.2 Å². The summed E-state index contributed by atoms with van der Waals surface area (Å²) in [6.07, 6.45) is 1.45. The van der Waals surface area contributed by atoms with E-state index in [9.17, 15) is 14.0 Å². The maximum Gasteiger partial charge on any atom is 0.293 e. The molecule has 1 amide bonds. The van der Waals surface area contributed by atoms with Gasteiger partial charge in [-0.05, 0) is 43.7 Å². The van der Waals surface area contributed by atoms with Crippen LogP contribution in [0.2, 0.25) is 0 Å². The molecule has 34 heavy (non-hydrogen) atoms. The molecule has 0 aliphatic carbocycles. The molecule has 1 aliphatic heterocycles. The van der Waals surface area contributed by atoms with Gasteiger partial charge in [-0.1, -0.05) is 29.8 Å². The Labute approximate surface area is 195 Å². The summed E-state index contributed by atoms with van der Waals surface area (Å²) in [7, 11) is 0. The van der Waals surface area contributed by atoms with E-state index in [2.05, 4.69) is 10.2 Å². The van der Waals surface area contributed by atoms with Gasteiger partial charge in [-0.15, -0.1) is 0 Å². The van der Waals surface area contributed by atoms with Crippen LogP contribution in [0.1, 0.15) is 11.1 Å². The molecule has 9 heteroatoms. The van der Waals surface area contributed by atoms with Crippen molar-refractivity contribution in [1.29, 1.82) is 0 Å². The molecule has 3 heterocycles. The molecule has 0 radical (unpaired) electrons. The standard InChI is InChI=1S/C25H25FN6O2/c1-17-7-8-18(2)19(13-17)21-14-23-25(34)31(27-16-32(23)28-21)15-24(33)30-11-9-29(10-12-30)22-6-4-3-5-20(22)26/h3-8,13-14,16H,9-12,15H2,1-2H3. The topological polar surface area (TPSA) is 75.7 Å². The van der Waals surface area contributed by atoms with E-state index in [0.29, 0.717) is 43.1 Å². The largest absolute Gasteiger partial charge is 0.366 e. The second kappa shape index (κ2) is 8.74. The van der Waals surface area contributed by atoms with Crippen LogP contribution >= 0.6 is 0 Å². The highest BCUT2D eigenvalue weighted by Crippen LogP contribution is 2.24. The molecule has 0 bridgehead atoms. The number of hydrogen-bond donors (Lipinski definition) is 0. The fourth-order valence-corrected chi connectivity index (χ4v) is 4.33. The SMILES string of the molecule is Cc1ccc(C)c(-c2cc3c(=O)n(CC(=O)N4CCN(c5ccccc5F)CC4)ncn3n2)c1. The van der Waals surface area contributed by atoms with Crippen LogP contribution in [0.5, 0.6) is 0 Å². The fraction of sp³-hybridized carbons (Fsp3) is 0.280. The highest BCUT2D eigenvalue weighted by atomic mass is 19.1. The van der Waals surface area contributed by atoms with Gasteiger partial charge in [0.05, 0.1) is 11.4 Å². The number of amides is 1. The zero-order valence-corrected chi connectivity index (χ0v) is 19.1. The summed E-state index contributed by atoms with van der Waals surface area (Å²) in [6, 6.07) is 14.5. The molecule has 1 aliphatic rings. The third-order valence-corrected chi connectivity index (χ3v) is 6.27. The number of nitrogens with zero attached hydrogens (tertiary/aromatic N) is 6. The van der Waals surface area contributed by atoms with Crippen LogP contribution in [0, 0.1) is 19.7 Å². The first-order chi connectivity index (χ1) is 16.4. The van der Waals surface area contributed by atoms with Crippen molar-refractivity contribution in [2.75, 3.05) is 31.1 Å². The number of piperazine rings is 1. The lowest BCUT2D eigenvalue weighted by molar-refractivity contribution is -0.132. The summed E-state index contributed by atoms with van der Waals surface area (Å²) in [6.45, 7) is 5.81. The van der Waals surface area contributed by atoms with Crippen LogP contribution < -0.4 is 10.5 Å². The zero-order chi connectivity index (χ0) is 23.8. The lowest BCUT2D eigenvalue weighted by atomic mass is 10.0. The number of fused-ring (bicyclic) bond motifs is 1. The smallest absolute Gasteiger partial charge is 0.293 e. The molecule has 8 nitrogen and oxygen atoms in total. The van der Waals surface area contributed by atoms with Crippen molar-refractivity contribution >= 4 is 17.1 Å². The Kier molecular flexibility index (Phi) is 5.61. The Morgan fingerprint density at radius 3 is 2.56 bits per heavy atom. The predicted molar refractivity (Wildman–Crippen MR) is 127 cm³/mol. The van der Waals surface area contributed by atoms with Crippen molar-refractivity contribution in [2.45, 2.75) is 20.4 Å². The molecule has 0 N–H and O–H groups in total. The number of benzene rings is 2. The Bertz CT molecular complexity index is 1440. The van der Waals surface area contributed by atoms with E-state index < -0.39 is 0 Å². The molecule has 0 atom stereocenters. The molecule has 0 spiro atoms. The molecular formula is C25H25FN6O2. The fourth-order valence-electron chi connectivity index (χ4n) is 4.33. The van der Waals surface area contributed by atoms with E-state index in [-0.39, 0.29) is 23.8 Å². The van der Waals surface area contributed by atoms with E-state index in [1.807, 2.05) is 36.9 Å². The number of aryl methyl sites for hydroxylation is 2. The van der Waals surface area contributed by atoms with Crippen LogP contribution in [0.15, 0.2) is 59.7 Å². The molecule has 5 rings (SSSR count). The van der Waals surface area contributed by atoms with Gasteiger partial charge in [-0.3, -0.25) is 9.59 Å². The molecule has 174 valence electrons. The Hall–Kier alpha value is -4.01. The normalized spacial score (nSPS) is 14.1. The van der Waals surface area contributed by atoms with Gasteiger partial charge in [-0.2, -0.15) is 10.2 Å². The summed E-state index contributed by atoms with van der Waals surface area (Å²) in [4.78, 5) is 29.5. The van der Waals surface area contributed by atoms with Crippen LogP contribution in [0.3, 0.4) is 0 Å². The van der Waals surface area contributed by atoms with Gasteiger partial charge in [0.25, 0.3) is 5.56 Å². The van der Waals surface area contributed by atoms with Crippen LogP contribution in [0.25, 0.3) is 16.8 Å². The van der Waals surface area contributed by atoms with E-state index in [0.717, 1.165) is 16.7 Å². The number of anilines is 1. The molecule has 2 aromatic carbocycles. The lowest BCUT2D eigenvalue weighted by Gasteiger charge is -2.36. The van der Waals surface area contributed by atoms with Crippen molar-refractivity contribution in [2.24, 2.45) is 0 Å². The highest BCUT2D eigenvalue weighted by Gasteiger charge is 2.23. The van der Waals surface area contributed by atoms with Gasteiger partial charge in [0, 0.05) is 31.7 Å². The molecule has 1 saturated heterocycles. The van der Waals surface area contributed by atoms with Crippen molar-refractivity contribution in [3.63, 3.8) is 0 Å². The van der Waals surface area contributed by atoms with Crippen LogP contribution in [-0.2, 0) is 11.3 Å². The van der Waals surface area contributed by atoms with Gasteiger partial charge in [-0.25, -0.2) is 13.6 Å². The quantitative estimate of drug-likeness (QED) is 0.468. The summed E-state index contributed by atoms with van der Waals surface area (Å²) in [5.41, 5.74) is 4.35. The first kappa shape index (κ1) is 21.8. The molecule has 0 unspecified atom stereocenters. The Morgan fingerprint density at radius 1 is 1.03 bits per heavy atom.